The van der Waals surface area contributed by atoms with Gasteiger partial charge < -0.3 is 14.5 Å². The maximum Gasteiger partial charge on any atom is 0.244 e. The maximum absolute atomic E-state index is 13.2. The van der Waals surface area contributed by atoms with Crippen molar-refractivity contribution in [3.8, 4) is 5.75 Å². The van der Waals surface area contributed by atoms with Crippen molar-refractivity contribution in [1.82, 2.24) is 9.29 Å². The molecule has 1 fully saturated rings. The molecule has 1 aromatic heterocycles. The van der Waals surface area contributed by atoms with Gasteiger partial charge in [0, 0.05) is 76.4 Å². The van der Waals surface area contributed by atoms with E-state index in [1.54, 1.807) is 6.92 Å². The molecule has 0 amide bonds. The number of Topliss-reactive ketones (excluding diaryl/α,β-unsaturated/α-hetero) is 1. The average molecular weight is 592 g/mol. The van der Waals surface area contributed by atoms with Crippen LogP contribution in [0.4, 0.5) is 11.4 Å². The summed E-state index contributed by atoms with van der Waals surface area (Å²) in [7, 11) is -1.10. The quantitative estimate of drug-likeness (QED) is 0.333. The molecule has 0 radical (unpaired) electrons. The lowest BCUT2D eigenvalue weighted by atomic mass is 10.1. The molecule has 0 spiro atoms. The number of halogens is 2. The molecule has 11 heteroatoms. The lowest BCUT2D eigenvalue weighted by Crippen LogP contribution is -2.46. The number of nitrogens with zero attached hydrogens (tertiary/aromatic N) is 4. The highest BCUT2D eigenvalue weighted by atomic mass is 35.5. The summed E-state index contributed by atoms with van der Waals surface area (Å²) < 4.78 is 32.7. The van der Waals surface area contributed by atoms with Crippen molar-refractivity contribution in [2.24, 2.45) is 0 Å². The number of hydrogen-bond acceptors (Lipinski definition) is 7. The molecule has 8 nitrogen and oxygen atoms in total. The Hall–Kier alpha value is -2.85. The van der Waals surface area contributed by atoms with Crippen LogP contribution < -0.4 is 14.5 Å². The zero-order chi connectivity index (χ0) is 28.2. The van der Waals surface area contributed by atoms with Gasteiger partial charge >= 0.3 is 0 Å². The minimum atomic E-state index is -3.96. The van der Waals surface area contributed by atoms with Crippen LogP contribution in [0, 0.1) is 6.92 Å². The first-order chi connectivity index (χ1) is 18.6. The van der Waals surface area contributed by atoms with Crippen molar-refractivity contribution in [3.63, 3.8) is 0 Å². The second-order valence-corrected chi connectivity index (χ2v) is 12.2. The number of sulfonamides is 1. The van der Waals surface area contributed by atoms with Gasteiger partial charge in [0.2, 0.25) is 10.0 Å². The minimum Gasteiger partial charge on any atom is -0.495 e. The normalized spacial score (nSPS) is 14.1. The largest absolute Gasteiger partial charge is 0.495 e. The van der Waals surface area contributed by atoms with Crippen molar-refractivity contribution in [2.75, 3.05) is 56.7 Å². The van der Waals surface area contributed by atoms with Gasteiger partial charge in [0.15, 0.2) is 0 Å². The van der Waals surface area contributed by atoms with Gasteiger partial charge in [0.1, 0.15) is 21.5 Å². The number of hydrogen-bond donors (Lipinski definition) is 0. The third kappa shape index (κ3) is 6.66. The SMILES string of the molecule is COc1cc(C)c(S(=O)(=O)N(C)CCC(=O)Cc2ccc(N3CCN(c4ccncc4)CC3)cc2)c(Cl)c1Cl. The number of methoxy groups -OCH3 is 1. The molecule has 1 aliphatic heterocycles. The Balaban J connectivity index is 1.30. The maximum atomic E-state index is 13.2. The molecule has 2 heterocycles. The summed E-state index contributed by atoms with van der Waals surface area (Å²) in [5.74, 6) is 0.250. The number of carbonyl (C=O) groups excluding carboxylic acids is 1. The van der Waals surface area contributed by atoms with E-state index in [1.165, 1.54) is 25.9 Å². The van der Waals surface area contributed by atoms with Gasteiger partial charge in [-0.05, 0) is 48.4 Å². The van der Waals surface area contributed by atoms with E-state index < -0.39 is 10.0 Å². The molecule has 0 bridgehead atoms. The predicted molar refractivity (Wildman–Crippen MR) is 156 cm³/mol. The molecule has 4 rings (SSSR count). The van der Waals surface area contributed by atoms with Gasteiger partial charge in [-0.15, -0.1) is 0 Å². The second kappa shape index (κ2) is 12.6. The Morgan fingerprint density at radius 1 is 0.974 bits per heavy atom. The first-order valence-electron chi connectivity index (χ1n) is 12.6. The number of pyridine rings is 1. The van der Waals surface area contributed by atoms with Crippen molar-refractivity contribution >= 4 is 50.4 Å². The molecule has 3 aromatic rings. The van der Waals surface area contributed by atoms with Crippen molar-refractivity contribution in [1.29, 1.82) is 0 Å². The summed E-state index contributed by atoms with van der Waals surface area (Å²) in [6, 6.07) is 13.6. The molecule has 2 aromatic carbocycles. The van der Waals surface area contributed by atoms with Gasteiger partial charge in [0.05, 0.1) is 12.1 Å². The topological polar surface area (TPSA) is 83.0 Å². The number of benzene rings is 2. The number of ether oxygens (including phenoxy) is 1. The van der Waals surface area contributed by atoms with Crippen molar-refractivity contribution in [3.05, 3.63) is 76.0 Å². The fraction of sp³-hybridized carbons (Fsp3) is 0.357. The molecule has 39 heavy (non-hydrogen) atoms. The smallest absolute Gasteiger partial charge is 0.244 e. The monoisotopic (exact) mass is 590 g/mol. The molecule has 1 saturated heterocycles. The van der Waals surface area contributed by atoms with E-state index in [0.717, 1.165) is 41.7 Å². The lowest BCUT2D eigenvalue weighted by Gasteiger charge is -2.37. The van der Waals surface area contributed by atoms with Gasteiger partial charge in [-0.2, -0.15) is 0 Å². The molecular formula is C28H32Cl2N4O4S. The standard InChI is InChI=1S/C28H32Cl2N4O4S/c1-20-18-25(38-3)26(29)27(30)28(20)39(36,37)32(2)13-10-24(35)19-21-4-6-22(7-5-21)33-14-16-34(17-15-33)23-8-11-31-12-9-23/h4-9,11-12,18H,10,13-17,19H2,1-3H3. The molecule has 0 saturated carbocycles. The summed E-state index contributed by atoms with van der Waals surface area (Å²) in [6.07, 6.45) is 3.94. The number of rotatable bonds is 10. The van der Waals surface area contributed by atoms with Crippen LogP contribution in [0.1, 0.15) is 17.5 Å². The Morgan fingerprint density at radius 2 is 1.54 bits per heavy atom. The number of carbonyl (C=O) groups is 1. The summed E-state index contributed by atoms with van der Waals surface area (Å²) in [4.78, 5) is 21.4. The molecule has 0 atom stereocenters. The van der Waals surface area contributed by atoms with Crippen LogP contribution >= 0.6 is 23.2 Å². The molecule has 0 aliphatic carbocycles. The third-order valence-electron chi connectivity index (χ3n) is 6.92. The summed E-state index contributed by atoms with van der Waals surface area (Å²) in [5, 5.41) is -0.0579. The molecule has 0 unspecified atom stereocenters. The van der Waals surface area contributed by atoms with E-state index >= 15 is 0 Å². The average Bonchev–Trinajstić information content (AvgIpc) is 2.94. The van der Waals surface area contributed by atoms with Crippen LogP contribution in [0.5, 0.6) is 5.75 Å². The highest BCUT2D eigenvalue weighted by Crippen LogP contribution is 2.40. The van der Waals surface area contributed by atoms with Gasteiger partial charge in [-0.1, -0.05) is 35.3 Å². The zero-order valence-electron chi connectivity index (χ0n) is 22.2. The summed E-state index contributed by atoms with van der Waals surface area (Å²) in [5.41, 5.74) is 3.61. The molecular weight excluding hydrogens is 559 g/mol. The Labute approximate surface area is 240 Å². The van der Waals surface area contributed by atoms with E-state index in [4.69, 9.17) is 27.9 Å². The number of ketones is 1. The second-order valence-electron chi connectivity index (χ2n) is 9.49. The van der Waals surface area contributed by atoms with Crippen LogP contribution in [0.15, 0.2) is 59.8 Å². The summed E-state index contributed by atoms with van der Waals surface area (Å²) in [6.45, 7) is 5.32. The first kappa shape index (κ1) is 29.1. The minimum absolute atomic E-state index is 0.0282. The van der Waals surface area contributed by atoms with E-state index in [9.17, 15) is 13.2 Å². The first-order valence-corrected chi connectivity index (χ1v) is 14.8. The molecule has 1 aliphatic rings. The van der Waals surface area contributed by atoms with E-state index in [-0.39, 0.29) is 40.1 Å². The lowest BCUT2D eigenvalue weighted by molar-refractivity contribution is -0.118. The fourth-order valence-electron chi connectivity index (χ4n) is 4.65. The fourth-order valence-corrected chi connectivity index (χ4v) is 6.90. The van der Waals surface area contributed by atoms with Gasteiger partial charge in [0.25, 0.3) is 0 Å². The van der Waals surface area contributed by atoms with E-state index in [2.05, 4.69) is 14.8 Å². The van der Waals surface area contributed by atoms with Gasteiger partial charge in [-0.3, -0.25) is 9.78 Å². The van der Waals surface area contributed by atoms with Crippen LogP contribution in [0.2, 0.25) is 10.0 Å². The van der Waals surface area contributed by atoms with Crippen LogP contribution in [0.3, 0.4) is 0 Å². The highest BCUT2D eigenvalue weighted by molar-refractivity contribution is 7.89. The van der Waals surface area contributed by atoms with Gasteiger partial charge in [-0.25, -0.2) is 12.7 Å². The Morgan fingerprint density at radius 3 is 2.10 bits per heavy atom. The number of piperazine rings is 1. The van der Waals surface area contributed by atoms with Crippen molar-refractivity contribution in [2.45, 2.75) is 24.7 Å². The van der Waals surface area contributed by atoms with Crippen molar-refractivity contribution < 1.29 is 17.9 Å². The number of aromatic nitrogens is 1. The number of anilines is 2. The molecule has 0 N–H and O–H groups in total. The Kier molecular flexibility index (Phi) is 9.38. The van der Waals surface area contributed by atoms with Crippen LogP contribution in [-0.4, -0.2) is 70.4 Å². The Bertz CT molecular complexity index is 1410. The molecule has 208 valence electrons. The van der Waals surface area contributed by atoms with E-state index in [0.29, 0.717) is 11.3 Å². The predicted octanol–water partition coefficient (Wildman–Crippen LogP) is 4.85. The van der Waals surface area contributed by atoms with E-state index in [1.807, 2.05) is 48.8 Å². The van der Waals surface area contributed by atoms with Crippen LogP contribution in [0.25, 0.3) is 0 Å². The zero-order valence-corrected chi connectivity index (χ0v) is 24.6. The third-order valence-corrected chi connectivity index (χ3v) is 9.93. The highest BCUT2D eigenvalue weighted by Gasteiger charge is 2.29. The summed E-state index contributed by atoms with van der Waals surface area (Å²) >= 11 is 12.5. The van der Waals surface area contributed by atoms with Crippen LogP contribution in [-0.2, 0) is 21.2 Å². The number of aryl methyl sites for hydroxylation is 1.